The van der Waals surface area contributed by atoms with Crippen LogP contribution in [0.2, 0.25) is 0 Å². The molecule has 0 saturated carbocycles. The molecule has 1 heterocycles. The fourth-order valence-corrected chi connectivity index (χ4v) is 5.23. The summed E-state index contributed by atoms with van der Waals surface area (Å²) in [6.07, 6.45) is 3.32. The number of sulfone groups is 1. The fraction of sp³-hybridized carbons (Fsp3) is 0.280. The first-order chi connectivity index (χ1) is 17.3. The van der Waals surface area contributed by atoms with Crippen molar-refractivity contribution in [1.82, 2.24) is 14.8 Å². The Balaban J connectivity index is 1.64. The lowest BCUT2D eigenvalue weighted by molar-refractivity contribution is -0.113. The zero-order valence-corrected chi connectivity index (χ0v) is 21.6. The molecule has 2 aromatic carbocycles. The number of thioether (sulfide) groups is 1. The molecule has 0 aliphatic rings. The van der Waals surface area contributed by atoms with Crippen LogP contribution in [-0.4, -0.2) is 47.4 Å². The van der Waals surface area contributed by atoms with Gasteiger partial charge in [-0.2, -0.15) is 0 Å². The minimum atomic E-state index is -3.62. The first-order valence-electron chi connectivity index (χ1n) is 11.3. The van der Waals surface area contributed by atoms with E-state index in [0.29, 0.717) is 29.6 Å². The number of esters is 1. The lowest BCUT2D eigenvalue weighted by atomic mass is 10.2. The molecule has 0 fully saturated rings. The molecule has 0 atom stereocenters. The smallest absolute Gasteiger partial charge is 0.338 e. The summed E-state index contributed by atoms with van der Waals surface area (Å²) < 4.78 is 32.4. The number of unbranched alkanes of at least 4 members (excludes halogenated alkanes) is 1. The molecular formula is C25H28N4O5S2. The molecule has 0 aliphatic heterocycles. The van der Waals surface area contributed by atoms with Crippen LogP contribution in [0.25, 0.3) is 0 Å². The Labute approximate surface area is 214 Å². The first kappa shape index (κ1) is 27.2. The van der Waals surface area contributed by atoms with Gasteiger partial charge in [-0.1, -0.05) is 55.4 Å². The molecule has 0 aliphatic carbocycles. The lowest BCUT2D eigenvalue weighted by Crippen LogP contribution is -2.16. The van der Waals surface area contributed by atoms with Gasteiger partial charge in [0.15, 0.2) is 15.0 Å². The van der Waals surface area contributed by atoms with E-state index in [4.69, 9.17) is 4.74 Å². The van der Waals surface area contributed by atoms with Crippen LogP contribution in [0.15, 0.2) is 77.3 Å². The van der Waals surface area contributed by atoms with Crippen molar-refractivity contribution in [2.75, 3.05) is 17.7 Å². The second-order valence-corrected chi connectivity index (χ2v) is 10.7. The van der Waals surface area contributed by atoms with Crippen molar-refractivity contribution in [1.29, 1.82) is 0 Å². The van der Waals surface area contributed by atoms with Crippen LogP contribution >= 0.6 is 11.8 Å². The van der Waals surface area contributed by atoms with Gasteiger partial charge in [0, 0.05) is 12.2 Å². The average Bonchev–Trinajstić information content (AvgIpc) is 3.24. The van der Waals surface area contributed by atoms with Crippen LogP contribution in [0.1, 0.15) is 35.9 Å². The summed E-state index contributed by atoms with van der Waals surface area (Å²) in [5.74, 6) is -0.819. The quantitative estimate of drug-likeness (QED) is 0.152. The highest BCUT2D eigenvalue weighted by atomic mass is 32.2. The van der Waals surface area contributed by atoms with Gasteiger partial charge >= 0.3 is 5.97 Å². The van der Waals surface area contributed by atoms with Crippen molar-refractivity contribution >= 4 is 39.2 Å². The molecule has 3 rings (SSSR count). The van der Waals surface area contributed by atoms with E-state index in [0.717, 1.165) is 24.6 Å². The predicted molar refractivity (Wildman–Crippen MR) is 139 cm³/mol. The normalized spacial score (nSPS) is 11.1. The van der Waals surface area contributed by atoms with Gasteiger partial charge in [0.05, 0.1) is 22.8 Å². The number of anilines is 1. The molecule has 190 valence electrons. The van der Waals surface area contributed by atoms with Gasteiger partial charge in [-0.15, -0.1) is 16.8 Å². The number of nitrogens with zero attached hydrogens (tertiary/aromatic N) is 3. The number of carbonyl (C=O) groups is 2. The van der Waals surface area contributed by atoms with Gasteiger partial charge in [0.2, 0.25) is 5.91 Å². The minimum Gasteiger partial charge on any atom is -0.462 e. The van der Waals surface area contributed by atoms with E-state index in [2.05, 4.69) is 22.1 Å². The molecule has 3 aromatic rings. The van der Waals surface area contributed by atoms with Crippen molar-refractivity contribution in [3.05, 3.63) is 78.6 Å². The Morgan fingerprint density at radius 3 is 2.64 bits per heavy atom. The van der Waals surface area contributed by atoms with E-state index < -0.39 is 15.8 Å². The van der Waals surface area contributed by atoms with Crippen LogP contribution in [0, 0.1) is 0 Å². The molecule has 0 spiro atoms. The predicted octanol–water partition coefficient (Wildman–Crippen LogP) is 4.13. The highest BCUT2D eigenvalue weighted by molar-refractivity contribution is 7.99. The first-order valence-corrected chi connectivity index (χ1v) is 14.0. The number of carbonyl (C=O) groups excluding carboxylic acids is 2. The van der Waals surface area contributed by atoms with Crippen molar-refractivity contribution in [3.63, 3.8) is 0 Å². The second-order valence-electron chi connectivity index (χ2n) is 7.78. The molecule has 0 bridgehead atoms. The summed E-state index contributed by atoms with van der Waals surface area (Å²) in [5, 5.41) is 11.3. The molecule has 11 heteroatoms. The van der Waals surface area contributed by atoms with Crippen molar-refractivity contribution in [2.24, 2.45) is 0 Å². The van der Waals surface area contributed by atoms with Crippen LogP contribution in [0.5, 0.6) is 0 Å². The Bertz CT molecular complexity index is 1310. The Kier molecular flexibility index (Phi) is 9.83. The van der Waals surface area contributed by atoms with Gasteiger partial charge in [-0.25, -0.2) is 13.2 Å². The van der Waals surface area contributed by atoms with E-state index in [9.17, 15) is 18.0 Å². The molecule has 9 nitrogen and oxygen atoms in total. The van der Waals surface area contributed by atoms with Crippen molar-refractivity contribution < 1.29 is 22.7 Å². The van der Waals surface area contributed by atoms with E-state index in [-0.39, 0.29) is 28.1 Å². The zero-order chi connectivity index (χ0) is 26.0. The van der Waals surface area contributed by atoms with Crippen LogP contribution in [0.4, 0.5) is 5.69 Å². The fourth-order valence-electron chi connectivity index (χ4n) is 3.17. The number of nitrogens with one attached hydrogen (secondary N) is 1. The number of aromatic nitrogens is 3. The minimum absolute atomic E-state index is 0.00584. The molecule has 1 amide bonds. The highest BCUT2D eigenvalue weighted by Gasteiger charge is 2.21. The van der Waals surface area contributed by atoms with Crippen LogP contribution in [0.3, 0.4) is 0 Å². The summed E-state index contributed by atoms with van der Waals surface area (Å²) >= 11 is 1.12. The number of ether oxygens (including phenoxy) is 1. The SMILES string of the molecule is C=CCn1c(CS(=O)(=O)c2ccccc2)nnc1SCC(=O)Nc1cccc(C(=O)OCCCC)c1. The third-order valence-electron chi connectivity index (χ3n) is 4.97. The molecule has 0 saturated heterocycles. The highest BCUT2D eigenvalue weighted by Crippen LogP contribution is 2.21. The molecule has 0 unspecified atom stereocenters. The monoisotopic (exact) mass is 528 g/mol. The molecule has 1 N–H and O–H groups in total. The number of hydrogen-bond donors (Lipinski definition) is 1. The maximum absolute atomic E-state index is 12.8. The topological polar surface area (TPSA) is 120 Å². The molecule has 1 aromatic heterocycles. The Morgan fingerprint density at radius 1 is 1.14 bits per heavy atom. The third-order valence-corrected chi connectivity index (χ3v) is 7.57. The largest absolute Gasteiger partial charge is 0.462 e. The van der Waals surface area contributed by atoms with Crippen LogP contribution < -0.4 is 5.32 Å². The standard InChI is InChI=1S/C25H28N4O5S2/c1-3-5-15-34-24(31)19-10-9-11-20(16-19)26-23(30)17-35-25-28-27-22(29(25)14-4-2)18-36(32,33)21-12-7-6-8-13-21/h4,6-13,16H,2-3,5,14-15,17-18H2,1H3,(H,26,30). The number of amides is 1. The van der Waals surface area contributed by atoms with Gasteiger partial charge in [0.1, 0.15) is 11.6 Å². The third kappa shape index (κ3) is 7.53. The number of benzene rings is 2. The average molecular weight is 529 g/mol. The Morgan fingerprint density at radius 2 is 1.92 bits per heavy atom. The van der Waals surface area contributed by atoms with Gasteiger partial charge in [-0.05, 0) is 36.8 Å². The van der Waals surface area contributed by atoms with E-state index in [1.165, 1.54) is 12.1 Å². The van der Waals surface area contributed by atoms with Gasteiger partial charge in [0.25, 0.3) is 0 Å². The van der Waals surface area contributed by atoms with E-state index >= 15 is 0 Å². The van der Waals surface area contributed by atoms with Gasteiger partial charge < -0.3 is 14.6 Å². The summed E-state index contributed by atoms with van der Waals surface area (Å²) in [4.78, 5) is 24.9. The Hall–Kier alpha value is -3.44. The number of allylic oxidation sites excluding steroid dienone is 1. The molecule has 36 heavy (non-hydrogen) atoms. The maximum atomic E-state index is 12.8. The van der Waals surface area contributed by atoms with Crippen LogP contribution in [-0.2, 0) is 31.7 Å². The molecular weight excluding hydrogens is 500 g/mol. The summed E-state index contributed by atoms with van der Waals surface area (Å²) in [7, 11) is -3.62. The zero-order valence-electron chi connectivity index (χ0n) is 19.9. The molecule has 0 radical (unpaired) electrons. The summed E-state index contributed by atoms with van der Waals surface area (Å²) in [5.41, 5.74) is 0.819. The van der Waals surface area contributed by atoms with Crippen molar-refractivity contribution in [3.8, 4) is 0 Å². The van der Waals surface area contributed by atoms with Crippen molar-refractivity contribution in [2.45, 2.75) is 42.1 Å². The van der Waals surface area contributed by atoms with Gasteiger partial charge in [-0.3, -0.25) is 4.79 Å². The number of rotatable bonds is 13. The maximum Gasteiger partial charge on any atom is 0.338 e. The summed E-state index contributed by atoms with van der Waals surface area (Å²) in [6.45, 7) is 6.37. The van der Waals surface area contributed by atoms with E-state index in [1.807, 2.05) is 6.92 Å². The number of hydrogen-bond acceptors (Lipinski definition) is 8. The summed E-state index contributed by atoms with van der Waals surface area (Å²) in [6, 6.07) is 14.7. The second kappa shape index (κ2) is 13.0. The lowest BCUT2D eigenvalue weighted by Gasteiger charge is -2.09. The van der Waals surface area contributed by atoms with E-state index in [1.54, 1.807) is 53.1 Å².